The molecule has 0 aliphatic carbocycles. The molecule has 4 aromatic rings. The molecule has 1 amide bonds. The Hall–Kier alpha value is -2.71. The summed E-state index contributed by atoms with van der Waals surface area (Å²) in [6.07, 6.45) is 3.40. The van der Waals surface area contributed by atoms with E-state index in [2.05, 4.69) is 4.98 Å². The molecule has 0 bridgehead atoms. The molecule has 0 radical (unpaired) electrons. The van der Waals surface area contributed by atoms with Gasteiger partial charge in [-0.25, -0.2) is 13.8 Å². The molecule has 0 aliphatic rings. The SMILES string of the molecule is CSc1ccccc1C(=O)N(Cc1ccco1)c1nc2c(F)cc(F)cc2s1. The van der Waals surface area contributed by atoms with Gasteiger partial charge in [0.15, 0.2) is 10.9 Å². The minimum absolute atomic E-state index is 0.0387. The summed E-state index contributed by atoms with van der Waals surface area (Å²) in [7, 11) is 0. The van der Waals surface area contributed by atoms with Gasteiger partial charge < -0.3 is 4.42 Å². The van der Waals surface area contributed by atoms with Crippen LogP contribution in [0.15, 0.2) is 64.1 Å². The molecule has 8 heteroatoms. The molecule has 2 aromatic carbocycles. The van der Waals surface area contributed by atoms with Crippen LogP contribution in [0.3, 0.4) is 0 Å². The Kier molecular flexibility index (Phi) is 5.15. The van der Waals surface area contributed by atoms with Crippen LogP contribution in [0.2, 0.25) is 0 Å². The molecule has 28 heavy (non-hydrogen) atoms. The summed E-state index contributed by atoms with van der Waals surface area (Å²) < 4.78 is 33.4. The van der Waals surface area contributed by atoms with E-state index in [1.54, 1.807) is 24.3 Å². The highest BCUT2D eigenvalue weighted by Gasteiger charge is 2.25. The van der Waals surface area contributed by atoms with Gasteiger partial charge >= 0.3 is 0 Å². The third-order valence-electron chi connectivity index (χ3n) is 4.11. The Morgan fingerprint density at radius 3 is 2.79 bits per heavy atom. The maximum Gasteiger partial charge on any atom is 0.261 e. The summed E-state index contributed by atoms with van der Waals surface area (Å²) in [6, 6.07) is 12.7. The van der Waals surface area contributed by atoms with Crippen molar-refractivity contribution < 1.29 is 18.0 Å². The topological polar surface area (TPSA) is 46.3 Å². The van der Waals surface area contributed by atoms with Gasteiger partial charge in [-0.15, -0.1) is 11.8 Å². The smallest absolute Gasteiger partial charge is 0.261 e. The first kappa shape index (κ1) is 18.6. The third kappa shape index (κ3) is 3.53. The normalized spacial score (nSPS) is 11.1. The molecule has 0 unspecified atom stereocenters. The lowest BCUT2D eigenvalue weighted by atomic mass is 10.2. The molecule has 0 fully saturated rings. The number of fused-ring (bicyclic) bond motifs is 1. The summed E-state index contributed by atoms with van der Waals surface area (Å²) in [4.78, 5) is 19.9. The Bertz CT molecular complexity index is 1140. The van der Waals surface area contributed by atoms with Crippen molar-refractivity contribution in [2.75, 3.05) is 11.2 Å². The number of hydrogen-bond acceptors (Lipinski definition) is 5. The highest BCUT2D eigenvalue weighted by Crippen LogP contribution is 2.33. The second-order valence-corrected chi connectivity index (χ2v) is 7.76. The van der Waals surface area contributed by atoms with E-state index in [1.807, 2.05) is 18.4 Å². The lowest BCUT2D eigenvalue weighted by Gasteiger charge is -2.20. The van der Waals surface area contributed by atoms with E-state index < -0.39 is 11.6 Å². The Labute approximate surface area is 167 Å². The number of thioether (sulfide) groups is 1. The average molecular weight is 416 g/mol. The Morgan fingerprint density at radius 2 is 2.04 bits per heavy atom. The van der Waals surface area contributed by atoms with Crippen molar-refractivity contribution >= 4 is 44.4 Å². The zero-order chi connectivity index (χ0) is 19.7. The van der Waals surface area contributed by atoms with Gasteiger partial charge in [0, 0.05) is 11.0 Å². The molecule has 0 saturated carbocycles. The zero-order valence-electron chi connectivity index (χ0n) is 14.7. The number of nitrogens with zero attached hydrogens (tertiary/aromatic N) is 2. The van der Waals surface area contributed by atoms with Crippen LogP contribution in [0, 0.1) is 11.6 Å². The number of benzene rings is 2. The summed E-state index contributed by atoms with van der Waals surface area (Å²) in [5.74, 6) is -1.17. The molecule has 2 heterocycles. The van der Waals surface area contributed by atoms with Crippen molar-refractivity contribution in [2.24, 2.45) is 0 Å². The first-order valence-corrected chi connectivity index (χ1v) is 10.3. The van der Waals surface area contributed by atoms with Gasteiger partial charge in [-0.1, -0.05) is 23.5 Å². The number of thiazole rings is 1. The number of aromatic nitrogens is 1. The molecule has 0 aliphatic heterocycles. The molecule has 0 N–H and O–H groups in total. The van der Waals surface area contributed by atoms with Crippen LogP contribution in [0.4, 0.5) is 13.9 Å². The van der Waals surface area contributed by atoms with Crippen LogP contribution in [0.5, 0.6) is 0 Å². The minimum Gasteiger partial charge on any atom is -0.467 e. The quantitative estimate of drug-likeness (QED) is 0.390. The number of halogens is 2. The largest absolute Gasteiger partial charge is 0.467 e. The molecular formula is C20H14F2N2O2S2. The van der Waals surface area contributed by atoms with Crippen molar-refractivity contribution in [3.63, 3.8) is 0 Å². The number of hydrogen-bond donors (Lipinski definition) is 0. The monoisotopic (exact) mass is 416 g/mol. The van der Waals surface area contributed by atoms with Crippen molar-refractivity contribution in [3.8, 4) is 0 Å². The van der Waals surface area contributed by atoms with E-state index >= 15 is 0 Å². The summed E-state index contributed by atoms with van der Waals surface area (Å²) >= 11 is 2.51. The van der Waals surface area contributed by atoms with Gasteiger partial charge in [-0.05, 0) is 36.6 Å². The maximum atomic E-state index is 14.1. The summed E-state index contributed by atoms with van der Waals surface area (Å²) in [5.41, 5.74) is 0.546. The van der Waals surface area contributed by atoms with Crippen LogP contribution in [0.25, 0.3) is 10.2 Å². The van der Waals surface area contributed by atoms with Crippen molar-refractivity contribution in [3.05, 3.63) is 77.8 Å². The highest BCUT2D eigenvalue weighted by molar-refractivity contribution is 7.98. The predicted octanol–water partition coefficient (Wildman–Crippen LogP) is 5.74. The fourth-order valence-electron chi connectivity index (χ4n) is 2.81. The van der Waals surface area contributed by atoms with Crippen LogP contribution < -0.4 is 4.90 Å². The fraction of sp³-hybridized carbons (Fsp3) is 0.100. The molecule has 0 atom stereocenters. The molecule has 2 aromatic heterocycles. The van der Waals surface area contributed by atoms with Gasteiger partial charge in [0.2, 0.25) is 0 Å². The number of rotatable bonds is 5. The molecule has 0 saturated heterocycles. The number of carbonyl (C=O) groups excluding carboxylic acids is 1. The minimum atomic E-state index is -0.757. The fourth-order valence-corrected chi connectivity index (χ4v) is 4.40. The second kappa shape index (κ2) is 7.73. The molecule has 142 valence electrons. The maximum absolute atomic E-state index is 14.1. The number of carbonyl (C=O) groups is 1. The standard InChI is InChI=1S/C20H14F2N2O2S2/c1-27-16-7-3-2-6-14(16)19(25)24(11-13-5-4-8-26-13)20-23-18-15(22)9-12(21)10-17(18)28-20/h2-10H,11H2,1H3. The first-order chi connectivity index (χ1) is 13.6. The van der Waals surface area contributed by atoms with E-state index in [9.17, 15) is 13.6 Å². The highest BCUT2D eigenvalue weighted by atomic mass is 32.2. The van der Waals surface area contributed by atoms with Gasteiger partial charge in [-0.3, -0.25) is 9.69 Å². The van der Waals surface area contributed by atoms with Crippen molar-refractivity contribution in [1.29, 1.82) is 0 Å². The molecule has 0 spiro atoms. The zero-order valence-corrected chi connectivity index (χ0v) is 16.3. The van der Waals surface area contributed by atoms with E-state index in [-0.39, 0.29) is 23.1 Å². The lowest BCUT2D eigenvalue weighted by Crippen LogP contribution is -2.30. The summed E-state index contributed by atoms with van der Waals surface area (Å²) in [5, 5.41) is 0.275. The first-order valence-electron chi connectivity index (χ1n) is 8.29. The molecule has 4 nitrogen and oxygen atoms in total. The molecule has 4 rings (SSSR count). The molecular weight excluding hydrogens is 402 g/mol. The third-order valence-corrected chi connectivity index (χ3v) is 5.93. The Morgan fingerprint density at radius 1 is 1.21 bits per heavy atom. The van der Waals surface area contributed by atoms with Crippen LogP contribution in [-0.4, -0.2) is 17.1 Å². The van der Waals surface area contributed by atoms with Gasteiger partial charge in [0.05, 0.1) is 23.1 Å². The van der Waals surface area contributed by atoms with Gasteiger partial charge in [0.25, 0.3) is 5.91 Å². The van der Waals surface area contributed by atoms with E-state index in [0.29, 0.717) is 16.0 Å². The van der Waals surface area contributed by atoms with Crippen LogP contribution in [0.1, 0.15) is 16.1 Å². The average Bonchev–Trinajstić information content (AvgIpc) is 3.35. The number of furan rings is 1. The van der Waals surface area contributed by atoms with E-state index in [0.717, 1.165) is 22.3 Å². The predicted molar refractivity (Wildman–Crippen MR) is 107 cm³/mol. The number of anilines is 1. The van der Waals surface area contributed by atoms with E-state index in [1.165, 1.54) is 29.0 Å². The van der Waals surface area contributed by atoms with Crippen LogP contribution in [-0.2, 0) is 6.54 Å². The van der Waals surface area contributed by atoms with Crippen LogP contribution >= 0.6 is 23.1 Å². The van der Waals surface area contributed by atoms with Gasteiger partial charge in [-0.2, -0.15) is 0 Å². The van der Waals surface area contributed by atoms with E-state index in [4.69, 9.17) is 4.42 Å². The number of amides is 1. The van der Waals surface area contributed by atoms with Crippen molar-refractivity contribution in [2.45, 2.75) is 11.4 Å². The Balaban J connectivity index is 1.82. The summed E-state index contributed by atoms with van der Waals surface area (Å²) in [6.45, 7) is 0.123. The van der Waals surface area contributed by atoms with Gasteiger partial charge in [0.1, 0.15) is 17.1 Å². The van der Waals surface area contributed by atoms with Crippen molar-refractivity contribution in [1.82, 2.24) is 4.98 Å². The second-order valence-electron chi connectivity index (χ2n) is 5.90. The lowest BCUT2D eigenvalue weighted by molar-refractivity contribution is 0.0980.